The van der Waals surface area contributed by atoms with Crippen molar-refractivity contribution in [1.82, 2.24) is 19.9 Å². The minimum absolute atomic E-state index is 0.0369. The van der Waals surface area contributed by atoms with Crippen molar-refractivity contribution in [2.24, 2.45) is 0 Å². The minimum atomic E-state index is -0.318. The Bertz CT molecular complexity index is 599. The zero-order chi connectivity index (χ0) is 15.5. The molecule has 0 unspecified atom stereocenters. The third kappa shape index (κ3) is 4.11. The first kappa shape index (κ1) is 15.6. The highest BCUT2D eigenvalue weighted by atomic mass is 19.1. The summed E-state index contributed by atoms with van der Waals surface area (Å²) >= 11 is 0. The van der Waals surface area contributed by atoms with E-state index >= 15 is 0 Å². The van der Waals surface area contributed by atoms with Crippen LogP contribution in [0.15, 0.2) is 24.7 Å². The number of aryl methyl sites for hydroxylation is 1. The molecular formula is C16H23FN4. The van der Waals surface area contributed by atoms with Crippen molar-refractivity contribution < 1.29 is 4.39 Å². The first-order valence-electron chi connectivity index (χ1n) is 7.33. The lowest BCUT2D eigenvalue weighted by Crippen LogP contribution is -2.35. The number of pyridine rings is 1. The molecular weight excluding hydrogens is 267 g/mol. The molecule has 0 aliphatic rings. The quantitative estimate of drug-likeness (QED) is 0.919. The molecule has 0 saturated carbocycles. The Balaban J connectivity index is 2.36. The van der Waals surface area contributed by atoms with Crippen LogP contribution in [0.3, 0.4) is 0 Å². The predicted molar refractivity (Wildman–Crippen MR) is 81.9 cm³/mol. The van der Waals surface area contributed by atoms with Crippen LogP contribution in [0.2, 0.25) is 0 Å². The second kappa shape index (κ2) is 6.35. The van der Waals surface area contributed by atoms with Gasteiger partial charge in [0.15, 0.2) is 0 Å². The maximum atomic E-state index is 13.5. The van der Waals surface area contributed by atoms with Gasteiger partial charge in [-0.2, -0.15) is 0 Å². The maximum Gasteiger partial charge on any atom is 0.142 e. The standard InChI is InChI=1S/C16H23FN4/c1-5-6-14-18-7-8-21(14)15-12(9-13(17)11-19-15)10-20-16(2,3)4/h7-9,11,20H,5-6,10H2,1-4H3. The van der Waals surface area contributed by atoms with E-state index < -0.39 is 0 Å². The van der Waals surface area contributed by atoms with Crippen molar-refractivity contribution >= 4 is 0 Å². The number of halogens is 1. The molecule has 2 heterocycles. The summed E-state index contributed by atoms with van der Waals surface area (Å²) in [5.41, 5.74) is 0.797. The largest absolute Gasteiger partial charge is 0.308 e. The number of hydrogen-bond acceptors (Lipinski definition) is 3. The average Bonchev–Trinajstić information content (AvgIpc) is 2.84. The Labute approximate surface area is 125 Å². The van der Waals surface area contributed by atoms with Crippen molar-refractivity contribution in [3.05, 3.63) is 41.9 Å². The summed E-state index contributed by atoms with van der Waals surface area (Å²) in [6, 6.07) is 1.54. The molecule has 0 radical (unpaired) electrons. The molecule has 0 saturated heterocycles. The van der Waals surface area contributed by atoms with Crippen LogP contribution in [-0.2, 0) is 13.0 Å². The van der Waals surface area contributed by atoms with Gasteiger partial charge in [0.25, 0.3) is 0 Å². The number of rotatable bonds is 5. The number of nitrogens with zero attached hydrogens (tertiary/aromatic N) is 3. The molecule has 2 aromatic heterocycles. The van der Waals surface area contributed by atoms with E-state index in [1.165, 1.54) is 12.3 Å². The smallest absolute Gasteiger partial charge is 0.142 e. The SMILES string of the molecule is CCCc1nccn1-c1ncc(F)cc1CNC(C)(C)C. The zero-order valence-electron chi connectivity index (χ0n) is 13.2. The van der Waals surface area contributed by atoms with Crippen LogP contribution in [0.25, 0.3) is 5.82 Å². The lowest BCUT2D eigenvalue weighted by molar-refractivity contribution is 0.422. The lowest BCUT2D eigenvalue weighted by Gasteiger charge is -2.21. The Kier molecular flexibility index (Phi) is 4.73. The summed E-state index contributed by atoms with van der Waals surface area (Å²) in [5, 5.41) is 3.38. The molecule has 114 valence electrons. The number of aromatic nitrogens is 3. The van der Waals surface area contributed by atoms with Gasteiger partial charge in [0.1, 0.15) is 17.5 Å². The molecule has 0 aliphatic heterocycles. The van der Waals surface area contributed by atoms with Crippen molar-refractivity contribution in [2.75, 3.05) is 0 Å². The van der Waals surface area contributed by atoms with Gasteiger partial charge < -0.3 is 5.32 Å². The summed E-state index contributed by atoms with van der Waals surface area (Å²) in [4.78, 5) is 8.64. The maximum absolute atomic E-state index is 13.5. The monoisotopic (exact) mass is 290 g/mol. The molecule has 0 aromatic carbocycles. The Morgan fingerprint density at radius 2 is 2.05 bits per heavy atom. The molecule has 1 N–H and O–H groups in total. The second-order valence-corrected chi connectivity index (χ2v) is 6.20. The highest BCUT2D eigenvalue weighted by molar-refractivity contribution is 5.35. The van der Waals surface area contributed by atoms with Crippen LogP contribution in [0.5, 0.6) is 0 Å². The summed E-state index contributed by atoms with van der Waals surface area (Å²) in [6.45, 7) is 8.92. The molecule has 0 atom stereocenters. The molecule has 4 nitrogen and oxygen atoms in total. The van der Waals surface area contributed by atoms with E-state index in [0.717, 1.165) is 30.0 Å². The number of imidazole rings is 1. The normalized spacial score (nSPS) is 11.9. The van der Waals surface area contributed by atoms with E-state index in [1.54, 1.807) is 6.20 Å². The molecule has 2 rings (SSSR count). The van der Waals surface area contributed by atoms with Crippen LogP contribution in [0.4, 0.5) is 4.39 Å². The van der Waals surface area contributed by atoms with Crippen LogP contribution in [0.1, 0.15) is 45.5 Å². The molecule has 0 amide bonds. The molecule has 21 heavy (non-hydrogen) atoms. The van der Waals surface area contributed by atoms with Crippen LogP contribution < -0.4 is 5.32 Å². The summed E-state index contributed by atoms with van der Waals surface area (Å²) in [6.07, 6.45) is 6.78. The van der Waals surface area contributed by atoms with Crippen molar-refractivity contribution in [1.29, 1.82) is 0 Å². The number of hydrogen-bond donors (Lipinski definition) is 1. The molecule has 0 bridgehead atoms. The van der Waals surface area contributed by atoms with E-state index in [0.29, 0.717) is 6.54 Å². The Morgan fingerprint density at radius 3 is 2.71 bits per heavy atom. The fourth-order valence-electron chi connectivity index (χ4n) is 2.12. The van der Waals surface area contributed by atoms with Crippen molar-refractivity contribution in [3.8, 4) is 5.82 Å². The Hall–Kier alpha value is -1.75. The molecule has 0 fully saturated rings. The van der Waals surface area contributed by atoms with Crippen LogP contribution >= 0.6 is 0 Å². The van der Waals surface area contributed by atoms with Gasteiger partial charge in [0, 0.05) is 36.5 Å². The summed E-state index contributed by atoms with van der Waals surface area (Å²) in [7, 11) is 0. The van der Waals surface area contributed by atoms with Gasteiger partial charge >= 0.3 is 0 Å². The van der Waals surface area contributed by atoms with E-state index in [9.17, 15) is 4.39 Å². The fraction of sp³-hybridized carbons (Fsp3) is 0.500. The third-order valence-corrected chi connectivity index (χ3v) is 3.14. The van der Waals surface area contributed by atoms with Crippen LogP contribution in [0, 0.1) is 5.82 Å². The molecule has 0 spiro atoms. The zero-order valence-corrected chi connectivity index (χ0v) is 13.2. The third-order valence-electron chi connectivity index (χ3n) is 3.14. The highest BCUT2D eigenvalue weighted by Crippen LogP contribution is 2.17. The fourth-order valence-corrected chi connectivity index (χ4v) is 2.12. The first-order valence-corrected chi connectivity index (χ1v) is 7.33. The Morgan fingerprint density at radius 1 is 1.29 bits per heavy atom. The summed E-state index contributed by atoms with van der Waals surface area (Å²) < 4.78 is 15.5. The molecule has 0 aliphatic carbocycles. The van der Waals surface area contributed by atoms with Gasteiger partial charge in [-0.3, -0.25) is 4.57 Å². The topological polar surface area (TPSA) is 42.7 Å². The second-order valence-electron chi connectivity index (χ2n) is 6.20. The highest BCUT2D eigenvalue weighted by Gasteiger charge is 2.14. The van der Waals surface area contributed by atoms with Crippen LogP contribution in [-0.4, -0.2) is 20.1 Å². The van der Waals surface area contributed by atoms with Gasteiger partial charge in [-0.25, -0.2) is 14.4 Å². The molecule has 5 heteroatoms. The minimum Gasteiger partial charge on any atom is -0.308 e. The lowest BCUT2D eigenvalue weighted by atomic mass is 10.1. The first-order chi connectivity index (χ1) is 9.90. The average molecular weight is 290 g/mol. The van der Waals surface area contributed by atoms with Gasteiger partial charge in [-0.15, -0.1) is 0 Å². The van der Waals surface area contributed by atoms with Gasteiger partial charge in [-0.1, -0.05) is 6.92 Å². The van der Waals surface area contributed by atoms with E-state index in [-0.39, 0.29) is 11.4 Å². The summed E-state index contributed by atoms with van der Waals surface area (Å²) in [5.74, 6) is 1.38. The van der Waals surface area contributed by atoms with E-state index in [1.807, 2.05) is 10.8 Å². The van der Waals surface area contributed by atoms with Gasteiger partial charge in [0.2, 0.25) is 0 Å². The van der Waals surface area contributed by atoms with Crippen molar-refractivity contribution in [3.63, 3.8) is 0 Å². The van der Waals surface area contributed by atoms with Crippen molar-refractivity contribution in [2.45, 2.75) is 52.6 Å². The number of nitrogens with one attached hydrogen (secondary N) is 1. The van der Waals surface area contributed by atoms with E-state index in [4.69, 9.17) is 0 Å². The predicted octanol–water partition coefficient (Wildman–Crippen LogP) is 3.25. The molecule has 2 aromatic rings. The van der Waals surface area contributed by atoms with Gasteiger partial charge in [0.05, 0.1) is 6.20 Å². The van der Waals surface area contributed by atoms with Gasteiger partial charge in [-0.05, 0) is 33.3 Å². The van der Waals surface area contributed by atoms with E-state index in [2.05, 4.69) is 43.0 Å².